The van der Waals surface area contributed by atoms with Crippen LogP contribution in [0.4, 0.5) is 5.69 Å². The summed E-state index contributed by atoms with van der Waals surface area (Å²) in [6.07, 6.45) is 0.797. The lowest BCUT2D eigenvalue weighted by atomic mass is 10.1. The third-order valence-corrected chi connectivity index (χ3v) is 3.50. The molecule has 2 aromatic carbocycles. The van der Waals surface area contributed by atoms with E-state index < -0.39 is 0 Å². The number of hydrogen-bond donors (Lipinski definition) is 2. The van der Waals surface area contributed by atoms with Gasteiger partial charge in [-0.05, 0) is 36.2 Å². The molecule has 0 heterocycles. The van der Waals surface area contributed by atoms with E-state index in [0.717, 1.165) is 22.7 Å². The van der Waals surface area contributed by atoms with Crippen molar-refractivity contribution in [3.05, 3.63) is 53.1 Å². The first-order valence-electron chi connectivity index (χ1n) is 7.16. The van der Waals surface area contributed by atoms with Crippen molar-refractivity contribution in [1.82, 2.24) is 0 Å². The largest absolute Gasteiger partial charge is 0.493 e. The number of methoxy groups -OCH3 is 2. The molecule has 0 spiro atoms. The van der Waals surface area contributed by atoms with Crippen molar-refractivity contribution in [1.29, 1.82) is 0 Å². The molecule has 0 aliphatic carbocycles. The number of ether oxygens (including phenoxy) is 2. The van der Waals surface area contributed by atoms with Crippen LogP contribution in [-0.2, 0) is 6.42 Å². The normalized spacial score (nSPS) is 10.7. The molecule has 2 rings (SSSR count). The van der Waals surface area contributed by atoms with Crippen molar-refractivity contribution >= 4 is 47.2 Å². The number of aliphatic imine (C=N–C) groups is 1. The number of nitrogens with one attached hydrogen (secondary N) is 1. The van der Waals surface area contributed by atoms with Crippen molar-refractivity contribution in [3.8, 4) is 11.5 Å². The maximum Gasteiger partial charge on any atom is 0.193 e. The summed E-state index contributed by atoms with van der Waals surface area (Å²) in [5.41, 5.74) is 7.85. The van der Waals surface area contributed by atoms with Gasteiger partial charge in [0.15, 0.2) is 17.5 Å². The van der Waals surface area contributed by atoms with Gasteiger partial charge in [-0.1, -0.05) is 23.7 Å². The molecule has 24 heavy (non-hydrogen) atoms. The average molecular weight is 462 g/mol. The first kappa shape index (κ1) is 20.4. The Kier molecular flexibility index (Phi) is 8.70. The van der Waals surface area contributed by atoms with Gasteiger partial charge in [0.25, 0.3) is 0 Å². The highest BCUT2D eigenvalue weighted by Gasteiger charge is 2.05. The molecule has 0 aliphatic rings. The Balaban J connectivity index is 0.00000288. The van der Waals surface area contributed by atoms with E-state index in [0.29, 0.717) is 24.0 Å². The molecule has 0 saturated heterocycles. The van der Waals surface area contributed by atoms with Gasteiger partial charge in [0.05, 0.1) is 14.2 Å². The lowest BCUT2D eigenvalue weighted by Crippen LogP contribution is -2.23. The first-order chi connectivity index (χ1) is 11.1. The standard InChI is InChI=1S/C17H20ClN3O2.HI/c1-22-15-8-7-14(11-16(15)23-2)21-17(19)20-10-9-12-3-5-13(18)6-4-12;/h3-8,11H,9-10H2,1-2H3,(H3,19,20,21);1H. The lowest BCUT2D eigenvalue weighted by molar-refractivity contribution is 0.355. The summed E-state index contributed by atoms with van der Waals surface area (Å²) in [5.74, 6) is 1.65. The fourth-order valence-electron chi connectivity index (χ4n) is 2.06. The zero-order valence-electron chi connectivity index (χ0n) is 13.6. The van der Waals surface area contributed by atoms with Gasteiger partial charge in [-0.3, -0.25) is 4.99 Å². The van der Waals surface area contributed by atoms with E-state index in [1.54, 1.807) is 20.3 Å². The van der Waals surface area contributed by atoms with E-state index in [9.17, 15) is 0 Å². The molecule has 0 fully saturated rings. The zero-order chi connectivity index (χ0) is 16.7. The predicted molar refractivity (Wildman–Crippen MR) is 110 cm³/mol. The fourth-order valence-corrected chi connectivity index (χ4v) is 2.18. The highest BCUT2D eigenvalue weighted by atomic mass is 127. The van der Waals surface area contributed by atoms with Crippen LogP contribution < -0.4 is 20.5 Å². The number of nitrogens with two attached hydrogens (primary N) is 1. The minimum atomic E-state index is 0. The summed E-state index contributed by atoms with van der Waals surface area (Å²) >= 11 is 5.86. The molecule has 0 unspecified atom stereocenters. The Morgan fingerprint density at radius 2 is 1.75 bits per heavy atom. The molecular formula is C17H21ClIN3O2. The second kappa shape index (κ2) is 10.2. The van der Waals surface area contributed by atoms with Crippen LogP contribution in [0.5, 0.6) is 11.5 Å². The maximum atomic E-state index is 5.90. The average Bonchev–Trinajstić information content (AvgIpc) is 2.56. The molecular weight excluding hydrogens is 441 g/mol. The number of hydrogen-bond acceptors (Lipinski definition) is 3. The molecule has 0 amide bonds. The number of nitrogens with zero attached hydrogens (tertiary/aromatic N) is 1. The van der Waals surface area contributed by atoms with E-state index in [4.69, 9.17) is 26.8 Å². The fraction of sp³-hybridized carbons (Fsp3) is 0.235. The van der Waals surface area contributed by atoms with Crippen LogP contribution in [0.15, 0.2) is 47.5 Å². The van der Waals surface area contributed by atoms with E-state index in [1.807, 2.05) is 36.4 Å². The molecule has 0 radical (unpaired) electrons. The van der Waals surface area contributed by atoms with Crippen LogP contribution in [0.25, 0.3) is 0 Å². The van der Waals surface area contributed by atoms with Crippen molar-refractivity contribution in [3.63, 3.8) is 0 Å². The van der Waals surface area contributed by atoms with E-state index in [2.05, 4.69) is 10.3 Å². The molecule has 3 N–H and O–H groups in total. The number of halogens is 2. The second-order valence-corrected chi connectivity index (χ2v) is 5.27. The van der Waals surface area contributed by atoms with Gasteiger partial charge >= 0.3 is 0 Å². The van der Waals surface area contributed by atoms with Crippen LogP contribution >= 0.6 is 35.6 Å². The maximum absolute atomic E-state index is 5.90. The van der Waals surface area contributed by atoms with Crippen molar-refractivity contribution in [2.24, 2.45) is 10.7 Å². The van der Waals surface area contributed by atoms with Crippen LogP contribution in [0.2, 0.25) is 5.02 Å². The highest BCUT2D eigenvalue weighted by Crippen LogP contribution is 2.29. The number of guanidine groups is 1. The molecule has 0 aliphatic heterocycles. The summed E-state index contributed by atoms with van der Waals surface area (Å²) in [6, 6.07) is 13.2. The number of benzene rings is 2. The Hall–Kier alpha value is -1.67. The lowest BCUT2D eigenvalue weighted by Gasteiger charge is -2.11. The van der Waals surface area contributed by atoms with Crippen LogP contribution in [0.1, 0.15) is 5.56 Å². The SMILES string of the molecule is COc1ccc(NC(N)=NCCc2ccc(Cl)cc2)cc1OC.I. The zero-order valence-corrected chi connectivity index (χ0v) is 16.7. The van der Waals surface area contributed by atoms with Crippen molar-refractivity contribution in [2.45, 2.75) is 6.42 Å². The second-order valence-electron chi connectivity index (χ2n) is 4.84. The van der Waals surface area contributed by atoms with Gasteiger partial charge in [0.1, 0.15) is 0 Å². The molecule has 0 bridgehead atoms. The van der Waals surface area contributed by atoms with Crippen LogP contribution in [0.3, 0.4) is 0 Å². The molecule has 0 aromatic heterocycles. The van der Waals surface area contributed by atoms with Gasteiger partial charge < -0.3 is 20.5 Å². The molecule has 5 nitrogen and oxygen atoms in total. The minimum absolute atomic E-state index is 0. The molecule has 0 saturated carbocycles. The molecule has 0 atom stereocenters. The summed E-state index contributed by atoms with van der Waals surface area (Å²) in [5, 5.41) is 3.76. The Morgan fingerprint density at radius 1 is 1.08 bits per heavy atom. The summed E-state index contributed by atoms with van der Waals surface area (Å²) in [6.45, 7) is 0.591. The van der Waals surface area contributed by atoms with Crippen LogP contribution in [-0.4, -0.2) is 26.7 Å². The van der Waals surface area contributed by atoms with Gasteiger partial charge in [-0.15, -0.1) is 24.0 Å². The third-order valence-electron chi connectivity index (χ3n) is 3.25. The Morgan fingerprint density at radius 3 is 2.38 bits per heavy atom. The number of rotatable bonds is 6. The highest BCUT2D eigenvalue weighted by molar-refractivity contribution is 14.0. The molecule has 7 heteroatoms. The monoisotopic (exact) mass is 461 g/mol. The first-order valence-corrected chi connectivity index (χ1v) is 7.53. The smallest absolute Gasteiger partial charge is 0.193 e. The summed E-state index contributed by atoms with van der Waals surface area (Å²) < 4.78 is 10.4. The summed E-state index contributed by atoms with van der Waals surface area (Å²) in [7, 11) is 3.18. The Bertz CT molecular complexity index is 678. The van der Waals surface area contributed by atoms with Gasteiger partial charge in [0, 0.05) is 23.3 Å². The van der Waals surface area contributed by atoms with Gasteiger partial charge in [-0.25, -0.2) is 0 Å². The Labute approximate surface area is 164 Å². The topological polar surface area (TPSA) is 68.9 Å². The van der Waals surface area contributed by atoms with Crippen molar-refractivity contribution in [2.75, 3.05) is 26.1 Å². The predicted octanol–water partition coefficient (Wildman–Crippen LogP) is 3.94. The van der Waals surface area contributed by atoms with E-state index >= 15 is 0 Å². The van der Waals surface area contributed by atoms with Gasteiger partial charge in [-0.2, -0.15) is 0 Å². The van der Waals surface area contributed by atoms with E-state index in [1.165, 1.54) is 0 Å². The van der Waals surface area contributed by atoms with Crippen molar-refractivity contribution < 1.29 is 9.47 Å². The molecule has 130 valence electrons. The van der Waals surface area contributed by atoms with Crippen LogP contribution in [0, 0.1) is 0 Å². The minimum Gasteiger partial charge on any atom is -0.493 e. The molecule has 2 aromatic rings. The quantitative estimate of drug-likeness (QED) is 0.388. The third kappa shape index (κ3) is 6.09. The van der Waals surface area contributed by atoms with Gasteiger partial charge in [0.2, 0.25) is 0 Å². The summed E-state index contributed by atoms with van der Waals surface area (Å²) in [4.78, 5) is 4.31. The van der Waals surface area contributed by atoms with E-state index in [-0.39, 0.29) is 24.0 Å². The number of anilines is 1.